The molecule has 3 N–H and O–H groups in total. The smallest absolute Gasteiger partial charge is 0.419 e. The van der Waals surface area contributed by atoms with Gasteiger partial charge < -0.3 is 10.5 Å². The van der Waals surface area contributed by atoms with E-state index >= 15 is 0 Å². The van der Waals surface area contributed by atoms with Crippen molar-refractivity contribution in [2.24, 2.45) is 5.73 Å². The molecule has 0 aliphatic rings. The third-order valence-electron chi connectivity index (χ3n) is 2.29. The van der Waals surface area contributed by atoms with E-state index in [4.69, 9.17) is 15.9 Å². The largest absolute Gasteiger partial charge is 0.493 e. The van der Waals surface area contributed by atoms with E-state index in [0.29, 0.717) is 19.3 Å². The summed E-state index contributed by atoms with van der Waals surface area (Å²) >= 11 is 0. The van der Waals surface area contributed by atoms with Crippen molar-refractivity contribution in [2.45, 2.75) is 25.4 Å². The quantitative estimate of drug-likeness (QED) is 0.469. The number of alkyl halides is 3. The van der Waals surface area contributed by atoms with Gasteiger partial charge in [-0.25, -0.2) is 0 Å². The molecule has 1 aromatic rings. The molecule has 0 spiro atoms. The molecule has 0 aliphatic carbocycles. The predicted molar refractivity (Wildman–Crippen MR) is 62.7 cm³/mol. The Morgan fingerprint density at radius 2 is 1.89 bits per heavy atom. The molecule has 0 aliphatic heterocycles. The lowest BCUT2D eigenvalue weighted by Gasteiger charge is -2.13. The van der Waals surface area contributed by atoms with Crippen LogP contribution in [0.4, 0.5) is 13.2 Å². The second kappa shape index (κ2) is 6.28. The van der Waals surface area contributed by atoms with E-state index in [1.54, 1.807) is 0 Å². The van der Waals surface area contributed by atoms with E-state index in [2.05, 4.69) is 0 Å². The van der Waals surface area contributed by atoms with Gasteiger partial charge in [-0.05, 0) is 25.0 Å². The van der Waals surface area contributed by atoms with E-state index in [-0.39, 0.29) is 18.2 Å². The molecule has 0 fully saturated rings. The minimum absolute atomic E-state index is 0.0747. The zero-order valence-corrected chi connectivity index (χ0v) is 9.76. The molecule has 1 aromatic carbocycles. The maximum Gasteiger partial charge on any atom is 0.419 e. The highest BCUT2D eigenvalue weighted by Gasteiger charge is 2.33. The molecule has 100 valence electrons. The molecule has 1 rings (SSSR count). The minimum Gasteiger partial charge on any atom is -0.493 e. The van der Waals surface area contributed by atoms with Crippen LogP contribution in [0.3, 0.4) is 0 Å². The number of unbranched alkanes of at least 4 members (excludes halogenated alkanes) is 1. The molecule has 0 radical (unpaired) electrons. The molecule has 0 heterocycles. The summed E-state index contributed by atoms with van der Waals surface area (Å²) in [5.74, 6) is -0.0847. The van der Waals surface area contributed by atoms with Gasteiger partial charge >= 0.3 is 6.18 Å². The van der Waals surface area contributed by atoms with E-state index in [0.717, 1.165) is 6.07 Å². The topological polar surface area (TPSA) is 59.1 Å². The molecule has 0 saturated heterocycles. The Bertz CT molecular complexity index is 405. The fraction of sp³-hybridized carbons (Fsp3) is 0.417. The van der Waals surface area contributed by atoms with Gasteiger partial charge in [0.1, 0.15) is 5.75 Å². The van der Waals surface area contributed by atoms with Crippen LogP contribution in [0.5, 0.6) is 5.75 Å². The average molecular weight is 260 g/mol. The third-order valence-corrected chi connectivity index (χ3v) is 2.29. The summed E-state index contributed by atoms with van der Waals surface area (Å²) in [6.07, 6.45) is -2.78. The number of benzene rings is 1. The molecule has 18 heavy (non-hydrogen) atoms. The summed E-state index contributed by atoms with van der Waals surface area (Å²) in [6.45, 7) is 0.181. The highest BCUT2D eigenvalue weighted by atomic mass is 19.4. The van der Waals surface area contributed by atoms with Gasteiger partial charge in [-0.2, -0.15) is 13.2 Å². The maximum absolute atomic E-state index is 12.6. The summed E-state index contributed by atoms with van der Waals surface area (Å²) in [5.41, 5.74) is 4.39. The van der Waals surface area contributed by atoms with Gasteiger partial charge in [-0.1, -0.05) is 12.1 Å². The molecule has 0 amide bonds. The van der Waals surface area contributed by atoms with Crippen molar-refractivity contribution in [1.82, 2.24) is 0 Å². The molecule has 0 unspecified atom stereocenters. The van der Waals surface area contributed by atoms with Crippen molar-refractivity contribution < 1.29 is 17.9 Å². The molecular weight excluding hydrogens is 245 g/mol. The summed E-state index contributed by atoms with van der Waals surface area (Å²) in [4.78, 5) is 0. The van der Waals surface area contributed by atoms with Crippen LogP contribution in [-0.2, 0) is 6.18 Å². The van der Waals surface area contributed by atoms with Gasteiger partial charge in [0.25, 0.3) is 0 Å². The van der Waals surface area contributed by atoms with Crippen molar-refractivity contribution in [3.8, 4) is 5.75 Å². The van der Waals surface area contributed by atoms with Gasteiger partial charge in [0.05, 0.1) is 18.0 Å². The van der Waals surface area contributed by atoms with Crippen molar-refractivity contribution in [3.05, 3.63) is 29.8 Å². The number of rotatable bonds is 6. The number of nitrogens with two attached hydrogens (primary N) is 1. The molecule has 3 nitrogen and oxygen atoms in total. The normalized spacial score (nSPS) is 11.3. The van der Waals surface area contributed by atoms with Crippen LogP contribution in [0.15, 0.2) is 24.3 Å². The van der Waals surface area contributed by atoms with Crippen LogP contribution < -0.4 is 10.5 Å². The number of hydrogen-bond acceptors (Lipinski definition) is 2. The fourth-order valence-electron chi connectivity index (χ4n) is 1.43. The Kier molecular flexibility index (Phi) is 5.00. The van der Waals surface area contributed by atoms with Gasteiger partial charge in [-0.3, -0.25) is 5.41 Å². The molecule has 0 atom stereocenters. The van der Waals surface area contributed by atoms with Gasteiger partial charge in [-0.15, -0.1) is 0 Å². The Morgan fingerprint density at radius 3 is 2.50 bits per heavy atom. The summed E-state index contributed by atoms with van der Waals surface area (Å²) < 4.78 is 42.9. The second-order valence-electron chi connectivity index (χ2n) is 3.82. The van der Waals surface area contributed by atoms with Crippen LogP contribution in [0.25, 0.3) is 0 Å². The second-order valence-corrected chi connectivity index (χ2v) is 3.82. The zero-order valence-electron chi connectivity index (χ0n) is 9.76. The Labute approximate surface area is 103 Å². The Hall–Kier alpha value is -1.72. The van der Waals surface area contributed by atoms with Crippen LogP contribution in [0, 0.1) is 5.41 Å². The fourth-order valence-corrected chi connectivity index (χ4v) is 1.43. The maximum atomic E-state index is 12.6. The number of nitrogens with one attached hydrogen (secondary N) is 1. The number of halogens is 3. The molecule has 0 bridgehead atoms. The lowest BCUT2D eigenvalue weighted by molar-refractivity contribution is -0.138. The first-order valence-electron chi connectivity index (χ1n) is 5.53. The summed E-state index contributed by atoms with van der Waals surface area (Å²) in [7, 11) is 0. The SMILES string of the molecule is N=C(N)CCCCOc1ccccc1C(F)(F)F. The summed E-state index contributed by atoms with van der Waals surface area (Å²) in [6, 6.07) is 5.12. The number of hydrogen-bond donors (Lipinski definition) is 2. The lowest BCUT2D eigenvalue weighted by atomic mass is 10.2. The summed E-state index contributed by atoms with van der Waals surface area (Å²) in [5, 5.41) is 7.00. The molecule has 6 heteroatoms. The van der Waals surface area contributed by atoms with Crippen LogP contribution in [-0.4, -0.2) is 12.4 Å². The Morgan fingerprint density at radius 1 is 1.22 bits per heavy atom. The minimum atomic E-state index is -4.41. The standard InChI is InChI=1S/C12H15F3N2O/c13-12(14,15)9-5-1-2-6-10(9)18-8-4-3-7-11(16)17/h1-2,5-6H,3-4,7-8H2,(H3,16,17). The molecular formula is C12H15F3N2O. The molecule has 0 saturated carbocycles. The highest BCUT2D eigenvalue weighted by Crippen LogP contribution is 2.35. The number of ether oxygens (including phenoxy) is 1. The van der Waals surface area contributed by atoms with Gasteiger partial charge in [0.2, 0.25) is 0 Å². The first-order chi connectivity index (χ1) is 8.41. The van der Waals surface area contributed by atoms with Gasteiger partial charge in [0, 0.05) is 6.42 Å². The van der Waals surface area contributed by atoms with E-state index < -0.39 is 11.7 Å². The van der Waals surface area contributed by atoms with Crippen LogP contribution in [0.1, 0.15) is 24.8 Å². The number of para-hydroxylation sites is 1. The highest BCUT2D eigenvalue weighted by molar-refractivity contribution is 5.76. The van der Waals surface area contributed by atoms with Gasteiger partial charge in [0.15, 0.2) is 0 Å². The predicted octanol–water partition coefficient (Wildman–Crippen LogP) is 3.19. The van der Waals surface area contributed by atoms with E-state index in [1.165, 1.54) is 18.2 Å². The average Bonchev–Trinajstić information content (AvgIpc) is 2.27. The van der Waals surface area contributed by atoms with E-state index in [9.17, 15) is 13.2 Å². The van der Waals surface area contributed by atoms with Crippen LogP contribution in [0.2, 0.25) is 0 Å². The first kappa shape index (κ1) is 14.3. The Balaban J connectivity index is 2.50. The third kappa shape index (κ3) is 4.65. The van der Waals surface area contributed by atoms with E-state index in [1.807, 2.05) is 0 Å². The van der Waals surface area contributed by atoms with Crippen molar-refractivity contribution >= 4 is 5.84 Å². The van der Waals surface area contributed by atoms with Crippen molar-refractivity contribution in [3.63, 3.8) is 0 Å². The zero-order chi connectivity index (χ0) is 13.6. The van der Waals surface area contributed by atoms with Crippen molar-refractivity contribution in [2.75, 3.05) is 6.61 Å². The first-order valence-corrected chi connectivity index (χ1v) is 5.53. The monoisotopic (exact) mass is 260 g/mol. The van der Waals surface area contributed by atoms with Crippen molar-refractivity contribution in [1.29, 1.82) is 5.41 Å². The lowest BCUT2D eigenvalue weighted by Crippen LogP contribution is -2.11. The number of amidine groups is 1. The molecule has 0 aromatic heterocycles. The van der Waals surface area contributed by atoms with Crippen LogP contribution >= 0.6 is 0 Å².